The number of rotatable bonds is 9. The van der Waals surface area contributed by atoms with Crippen LogP contribution in [0.4, 0.5) is 4.79 Å². The SMILES string of the molecule is C#CC1(OC(=O)N(C[CH2-])C[CH2-])CCNC1.[CH-]=C[C-]=N[C-]=C(C=[N-])c1cccnc1OC1CC1.[Li+].[Li+]. The zero-order valence-corrected chi connectivity index (χ0v) is 20.5. The standard InChI is InChI=1S/C14H11N3O.C11H16N2O2.2Li/c1-2-7-16-10-11(9-15)13-4-3-8-17-14(13)18-12-5-6-12;1-4-11(7-8-12-9-11)15-10(14)13(5-2)6-3;;/h1-4,8-9,12H,5-6H2;1,12H,2-3,5-9H2;;/q-4;-2;2*+1. The number of hydrogen-bond acceptors (Lipinski definition) is 6. The number of pyridine rings is 1. The van der Waals surface area contributed by atoms with Crippen molar-refractivity contribution in [2.45, 2.75) is 31.0 Å². The first-order chi connectivity index (χ1) is 16.0. The molecule has 1 aliphatic carbocycles. The summed E-state index contributed by atoms with van der Waals surface area (Å²) in [5, 5.41) is 12.3. The summed E-state index contributed by atoms with van der Waals surface area (Å²) in [7, 11) is 0. The van der Waals surface area contributed by atoms with Gasteiger partial charge in [0.25, 0.3) is 0 Å². The molecule has 0 bridgehead atoms. The van der Waals surface area contributed by atoms with Crippen molar-refractivity contribution in [1.82, 2.24) is 15.2 Å². The fraction of sp³-hybridized carbons (Fsp3) is 0.360. The molecule has 0 aromatic carbocycles. The van der Waals surface area contributed by atoms with Crippen LogP contribution >= 0.6 is 0 Å². The Hall–Kier alpha value is -2.25. The topological polar surface area (TPSA) is 98.4 Å². The van der Waals surface area contributed by atoms with Crippen LogP contribution in [0, 0.1) is 39.0 Å². The van der Waals surface area contributed by atoms with Crippen molar-refractivity contribution in [3.05, 3.63) is 62.0 Å². The molecule has 1 aliphatic heterocycles. The number of ether oxygens (including phenoxy) is 2. The second kappa shape index (κ2) is 17.2. The number of hydrogen-bond donors (Lipinski definition) is 1. The van der Waals surface area contributed by atoms with Gasteiger partial charge in [0.05, 0.1) is 6.10 Å². The van der Waals surface area contributed by atoms with E-state index in [4.69, 9.17) is 22.5 Å². The number of nitrogens with one attached hydrogen (secondary N) is 1. The van der Waals surface area contributed by atoms with Gasteiger partial charge >= 0.3 is 43.8 Å². The molecule has 0 spiro atoms. The quantitative estimate of drug-likeness (QED) is 0.182. The first-order valence-corrected chi connectivity index (χ1v) is 10.5. The molecule has 1 atom stereocenters. The monoisotopic (exact) mass is 459 g/mol. The molecule has 1 aromatic heterocycles. The summed E-state index contributed by atoms with van der Waals surface area (Å²) in [6, 6.07) is 3.53. The number of carbonyl (C=O) groups excluding carboxylic acids is 1. The molecule has 2 fully saturated rings. The Labute approximate surface area is 232 Å². The molecule has 1 amide bonds. The van der Waals surface area contributed by atoms with Gasteiger partial charge in [-0.15, -0.1) is 31.1 Å². The minimum atomic E-state index is -0.792. The molecule has 8 nitrogen and oxygen atoms in total. The van der Waals surface area contributed by atoms with Crippen LogP contribution in [-0.2, 0) is 4.74 Å². The third-order valence-electron chi connectivity index (χ3n) is 4.77. The van der Waals surface area contributed by atoms with E-state index in [-0.39, 0.29) is 43.8 Å². The van der Waals surface area contributed by atoms with E-state index in [0.29, 0.717) is 43.1 Å². The predicted octanol–water partition coefficient (Wildman–Crippen LogP) is -3.19. The number of allylic oxidation sites excluding steroid dienone is 2. The van der Waals surface area contributed by atoms with Crippen molar-refractivity contribution in [3.63, 3.8) is 0 Å². The molecule has 1 aromatic rings. The van der Waals surface area contributed by atoms with Crippen molar-refractivity contribution in [1.29, 1.82) is 0 Å². The van der Waals surface area contributed by atoms with Crippen molar-refractivity contribution in [2.75, 3.05) is 26.2 Å². The maximum absolute atomic E-state index is 11.6. The van der Waals surface area contributed by atoms with Gasteiger partial charge in [0.1, 0.15) is 5.88 Å². The average molecular weight is 459 g/mol. The Morgan fingerprint density at radius 2 is 2.17 bits per heavy atom. The summed E-state index contributed by atoms with van der Waals surface area (Å²) in [5.41, 5.74) is 0.210. The number of terminal acetylenes is 1. The Morgan fingerprint density at radius 1 is 1.46 bits per heavy atom. The van der Waals surface area contributed by atoms with Crippen LogP contribution in [0.1, 0.15) is 24.8 Å². The first kappa shape index (κ1) is 32.8. The number of aromatic nitrogens is 1. The van der Waals surface area contributed by atoms with Crippen LogP contribution in [0.25, 0.3) is 11.0 Å². The third kappa shape index (κ3) is 10.5. The maximum Gasteiger partial charge on any atom is 1.00 e. The Balaban J connectivity index is 0.000000635. The summed E-state index contributed by atoms with van der Waals surface area (Å²) in [6.45, 7) is 14.3. The number of carbonyl (C=O) groups is 1. The van der Waals surface area contributed by atoms with Gasteiger partial charge in [-0.25, -0.2) is 9.78 Å². The van der Waals surface area contributed by atoms with Crippen molar-refractivity contribution < 1.29 is 52.0 Å². The van der Waals surface area contributed by atoms with Crippen LogP contribution in [-0.4, -0.2) is 66.3 Å². The van der Waals surface area contributed by atoms with E-state index in [1.807, 2.05) is 0 Å². The normalized spacial score (nSPS) is 18.6. The van der Waals surface area contributed by atoms with Crippen LogP contribution in [0.15, 0.2) is 29.4 Å². The van der Waals surface area contributed by atoms with Gasteiger partial charge in [0, 0.05) is 25.7 Å². The van der Waals surface area contributed by atoms with E-state index in [1.165, 1.54) is 4.90 Å². The smallest absolute Gasteiger partial charge is 0.911 e. The molecule has 1 saturated heterocycles. The zero-order chi connectivity index (χ0) is 24.1. The molecule has 0 radical (unpaired) electrons. The van der Waals surface area contributed by atoms with Crippen molar-refractivity contribution >= 4 is 24.1 Å². The van der Waals surface area contributed by atoms with Crippen LogP contribution in [0.2, 0.25) is 0 Å². The van der Waals surface area contributed by atoms with Gasteiger partial charge < -0.3 is 62.8 Å². The molecule has 2 aliphatic rings. The zero-order valence-electron chi connectivity index (χ0n) is 20.5. The number of aliphatic imine (C=N–C) groups is 1. The summed E-state index contributed by atoms with van der Waals surface area (Å²) < 4.78 is 10.9. The van der Waals surface area contributed by atoms with Crippen LogP contribution in [0.3, 0.4) is 0 Å². The Morgan fingerprint density at radius 3 is 2.69 bits per heavy atom. The summed E-state index contributed by atoms with van der Waals surface area (Å²) >= 11 is 0. The molecule has 3 rings (SSSR count). The first-order valence-electron chi connectivity index (χ1n) is 10.5. The van der Waals surface area contributed by atoms with Gasteiger partial charge in [-0.3, -0.25) is 5.57 Å². The Bertz CT molecular complexity index is 916. The molecular weight excluding hydrogens is 432 g/mol. The average Bonchev–Trinajstić information content (AvgIpc) is 3.53. The number of amides is 1. The maximum atomic E-state index is 11.6. The minimum Gasteiger partial charge on any atom is -0.911 e. The van der Waals surface area contributed by atoms with Crippen LogP contribution in [0.5, 0.6) is 5.88 Å². The summed E-state index contributed by atoms with van der Waals surface area (Å²) in [4.78, 5) is 20.9. The molecule has 1 saturated carbocycles. The van der Waals surface area contributed by atoms with E-state index in [9.17, 15) is 10.2 Å². The summed E-state index contributed by atoms with van der Waals surface area (Å²) in [5.74, 6) is 3.01. The van der Waals surface area contributed by atoms with E-state index in [0.717, 1.165) is 31.7 Å². The molecular formula is C25H27Li2N5O3-4. The second-order valence-electron chi connectivity index (χ2n) is 7.16. The predicted molar refractivity (Wildman–Crippen MR) is 128 cm³/mol. The molecule has 2 heterocycles. The Kier molecular flexibility index (Phi) is 16.1. The fourth-order valence-electron chi connectivity index (χ4n) is 2.76. The summed E-state index contributed by atoms with van der Waals surface area (Å²) in [6.07, 6.45) is 16.6. The second-order valence-corrected chi connectivity index (χ2v) is 7.16. The largest absolute Gasteiger partial charge is 1.00 e. The van der Waals surface area contributed by atoms with E-state index in [2.05, 4.69) is 47.5 Å². The third-order valence-corrected chi connectivity index (χ3v) is 4.77. The van der Waals surface area contributed by atoms with Crippen molar-refractivity contribution in [2.24, 2.45) is 4.99 Å². The fourth-order valence-corrected chi connectivity index (χ4v) is 2.76. The van der Waals surface area contributed by atoms with E-state index in [1.54, 1.807) is 18.3 Å². The molecule has 10 heteroatoms. The van der Waals surface area contributed by atoms with Gasteiger partial charge in [0.2, 0.25) is 0 Å². The van der Waals surface area contributed by atoms with Gasteiger partial charge in [-0.1, -0.05) is 12.0 Å². The molecule has 35 heavy (non-hydrogen) atoms. The number of nitrogens with zero attached hydrogens (tertiary/aromatic N) is 4. The van der Waals surface area contributed by atoms with Gasteiger partial charge in [-0.05, 0) is 12.8 Å². The van der Waals surface area contributed by atoms with E-state index < -0.39 is 11.7 Å². The molecule has 176 valence electrons. The van der Waals surface area contributed by atoms with E-state index >= 15 is 0 Å². The van der Waals surface area contributed by atoms with Crippen LogP contribution < -0.4 is 47.8 Å². The van der Waals surface area contributed by atoms with Gasteiger partial charge in [-0.2, -0.15) is 12.4 Å². The molecule has 1 unspecified atom stereocenters. The van der Waals surface area contributed by atoms with Crippen molar-refractivity contribution in [3.8, 4) is 18.2 Å². The minimum absolute atomic E-state index is 0. The molecule has 1 N–H and O–H groups in total. The van der Waals surface area contributed by atoms with Gasteiger partial charge in [0.15, 0.2) is 5.60 Å².